The van der Waals surface area contributed by atoms with Crippen molar-refractivity contribution in [2.45, 2.75) is 13.3 Å². The number of anilines is 1. The van der Waals surface area contributed by atoms with Crippen molar-refractivity contribution in [2.75, 3.05) is 25.5 Å². The van der Waals surface area contributed by atoms with Gasteiger partial charge in [0.05, 0.1) is 6.61 Å². The van der Waals surface area contributed by atoms with Crippen LogP contribution in [0, 0.1) is 0 Å². The van der Waals surface area contributed by atoms with Gasteiger partial charge in [0.1, 0.15) is 11.3 Å². The highest BCUT2D eigenvalue weighted by Crippen LogP contribution is 2.23. The van der Waals surface area contributed by atoms with Gasteiger partial charge in [0, 0.05) is 32.3 Å². The second-order valence-corrected chi connectivity index (χ2v) is 3.95. The summed E-state index contributed by atoms with van der Waals surface area (Å²) in [6, 6.07) is 4.81. The van der Waals surface area contributed by atoms with Crippen molar-refractivity contribution < 1.29 is 19.4 Å². The zero-order valence-corrected chi connectivity index (χ0v) is 11.0. The van der Waals surface area contributed by atoms with Crippen LogP contribution >= 0.6 is 0 Å². The fraction of sp³-hybridized carbons (Fsp3) is 0.385. The molecular weight excluding hydrogens is 248 g/mol. The van der Waals surface area contributed by atoms with Crippen LogP contribution in [-0.4, -0.2) is 37.2 Å². The van der Waals surface area contributed by atoms with Gasteiger partial charge in [-0.05, 0) is 18.6 Å². The maximum atomic E-state index is 11.0. The highest BCUT2D eigenvalue weighted by atomic mass is 16.5. The predicted octanol–water partition coefficient (Wildman–Crippen LogP) is 1.33. The molecule has 0 saturated carbocycles. The van der Waals surface area contributed by atoms with Crippen molar-refractivity contribution in [3.8, 4) is 5.75 Å². The van der Waals surface area contributed by atoms with E-state index in [0.717, 1.165) is 5.69 Å². The molecule has 0 saturated heterocycles. The van der Waals surface area contributed by atoms with E-state index in [1.165, 1.54) is 13.0 Å². The summed E-state index contributed by atoms with van der Waals surface area (Å²) in [7, 11) is 1.75. The molecule has 1 amide bonds. The van der Waals surface area contributed by atoms with Crippen LogP contribution in [0.15, 0.2) is 18.2 Å². The van der Waals surface area contributed by atoms with Crippen LogP contribution in [0.25, 0.3) is 0 Å². The maximum absolute atomic E-state index is 11.0. The van der Waals surface area contributed by atoms with Gasteiger partial charge in [-0.3, -0.25) is 4.79 Å². The lowest BCUT2D eigenvalue weighted by Gasteiger charge is -2.11. The lowest BCUT2D eigenvalue weighted by atomic mass is 10.2. The lowest BCUT2D eigenvalue weighted by Crippen LogP contribution is -2.22. The number of aromatic carboxylic acids is 1. The third-order valence-electron chi connectivity index (χ3n) is 2.45. The molecule has 6 heteroatoms. The van der Waals surface area contributed by atoms with Crippen LogP contribution < -0.4 is 15.4 Å². The number of hydrogen-bond donors (Lipinski definition) is 3. The first-order chi connectivity index (χ1) is 9.04. The van der Waals surface area contributed by atoms with Crippen molar-refractivity contribution in [1.29, 1.82) is 0 Å². The molecule has 0 aromatic heterocycles. The van der Waals surface area contributed by atoms with Crippen LogP contribution in [-0.2, 0) is 4.79 Å². The van der Waals surface area contributed by atoms with Crippen LogP contribution in [0.1, 0.15) is 23.7 Å². The smallest absolute Gasteiger partial charge is 0.339 e. The Balaban J connectivity index is 2.59. The minimum atomic E-state index is -1.03. The Hall–Kier alpha value is -2.24. The SMILES string of the molecule is CNc1ccc(C(=O)O)c(OCCCNC(C)=O)c1. The average molecular weight is 266 g/mol. The second-order valence-electron chi connectivity index (χ2n) is 3.95. The molecule has 0 aliphatic carbocycles. The summed E-state index contributed by atoms with van der Waals surface area (Å²) in [5.74, 6) is -0.801. The van der Waals surface area contributed by atoms with Crippen molar-refractivity contribution in [3.63, 3.8) is 0 Å². The van der Waals surface area contributed by atoms with E-state index < -0.39 is 5.97 Å². The third-order valence-corrected chi connectivity index (χ3v) is 2.45. The molecule has 0 aliphatic heterocycles. The maximum Gasteiger partial charge on any atom is 0.339 e. The Morgan fingerprint density at radius 2 is 2.11 bits per heavy atom. The molecule has 1 aromatic carbocycles. The fourth-order valence-corrected chi connectivity index (χ4v) is 1.49. The number of nitrogens with one attached hydrogen (secondary N) is 2. The molecule has 0 spiro atoms. The molecule has 0 radical (unpaired) electrons. The van der Waals surface area contributed by atoms with Gasteiger partial charge in [-0.15, -0.1) is 0 Å². The molecule has 6 nitrogen and oxygen atoms in total. The summed E-state index contributed by atoms with van der Waals surface area (Å²) in [6.45, 7) is 2.29. The Morgan fingerprint density at radius 1 is 1.37 bits per heavy atom. The van der Waals surface area contributed by atoms with Crippen molar-refractivity contribution in [3.05, 3.63) is 23.8 Å². The number of amides is 1. The highest BCUT2D eigenvalue weighted by Gasteiger charge is 2.11. The number of benzene rings is 1. The summed E-state index contributed by atoms with van der Waals surface area (Å²) in [6.07, 6.45) is 0.614. The van der Waals surface area contributed by atoms with Crippen LogP contribution in [0.5, 0.6) is 5.75 Å². The van der Waals surface area contributed by atoms with E-state index in [0.29, 0.717) is 25.3 Å². The summed E-state index contributed by atoms with van der Waals surface area (Å²) in [5.41, 5.74) is 0.903. The number of carboxylic acid groups (broad SMARTS) is 1. The molecule has 0 fully saturated rings. The topological polar surface area (TPSA) is 87.7 Å². The Kier molecular flexibility index (Phi) is 5.66. The quantitative estimate of drug-likeness (QED) is 0.648. The zero-order valence-electron chi connectivity index (χ0n) is 11.0. The van der Waals surface area contributed by atoms with Crippen molar-refractivity contribution >= 4 is 17.6 Å². The molecule has 1 aromatic rings. The van der Waals surface area contributed by atoms with Crippen LogP contribution in [0.2, 0.25) is 0 Å². The van der Waals surface area contributed by atoms with Gasteiger partial charge in [0.25, 0.3) is 0 Å². The number of carboxylic acids is 1. The summed E-state index contributed by atoms with van der Waals surface area (Å²) < 4.78 is 5.45. The second kappa shape index (κ2) is 7.25. The Bertz CT molecular complexity index is 460. The molecule has 104 valence electrons. The number of carbonyl (C=O) groups excluding carboxylic acids is 1. The molecule has 1 rings (SSSR count). The van der Waals surface area contributed by atoms with E-state index in [1.807, 2.05) is 0 Å². The van der Waals surface area contributed by atoms with Gasteiger partial charge in [0.15, 0.2) is 0 Å². The Morgan fingerprint density at radius 3 is 2.68 bits per heavy atom. The van der Waals surface area contributed by atoms with Gasteiger partial charge < -0.3 is 20.5 Å². The average Bonchev–Trinajstić information content (AvgIpc) is 2.37. The summed E-state index contributed by atoms with van der Waals surface area (Å²) in [5, 5.41) is 14.6. The summed E-state index contributed by atoms with van der Waals surface area (Å²) in [4.78, 5) is 21.7. The number of rotatable bonds is 7. The first kappa shape index (κ1) is 14.8. The molecule has 0 aliphatic rings. The van der Waals surface area contributed by atoms with Crippen LogP contribution in [0.4, 0.5) is 5.69 Å². The van der Waals surface area contributed by atoms with E-state index >= 15 is 0 Å². The van der Waals surface area contributed by atoms with Crippen molar-refractivity contribution in [2.24, 2.45) is 0 Å². The van der Waals surface area contributed by atoms with E-state index in [2.05, 4.69) is 10.6 Å². The zero-order chi connectivity index (χ0) is 14.3. The van der Waals surface area contributed by atoms with Gasteiger partial charge in [0.2, 0.25) is 5.91 Å². The van der Waals surface area contributed by atoms with Gasteiger partial charge in [-0.2, -0.15) is 0 Å². The first-order valence-electron chi connectivity index (χ1n) is 5.97. The first-order valence-corrected chi connectivity index (χ1v) is 5.97. The predicted molar refractivity (Wildman–Crippen MR) is 71.7 cm³/mol. The molecule has 0 atom stereocenters. The third kappa shape index (κ3) is 4.87. The minimum Gasteiger partial charge on any atom is -0.493 e. The normalized spacial score (nSPS) is 9.79. The van der Waals surface area contributed by atoms with E-state index in [-0.39, 0.29) is 11.5 Å². The summed E-state index contributed by atoms with van der Waals surface area (Å²) >= 11 is 0. The molecule has 0 unspecified atom stereocenters. The lowest BCUT2D eigenvalue weighted by molar-refractivity contribution is -0.118. The largest absolute Gasteiger partial charge is 0.493 e. The van der Waals surface area contributed by atoms with Crippen LogP contribution in [0.3, 0.4) is 0 Å². The highest BCUT2D eigenvalue weighted by molar-refractivity contribution is 5.91. The van der Waals surface area contributed by atoms with E-state index in [9.17, 15) is 9.59 Å². The number of carbonyl (C=O) groups is 2. The van der Waals surface area contributed by atoms with Crippen molar-refractivity contribution in [1.82, 2.24) is 5.32 Å². The fourth-order valence-electron chi connectivity index (χ4n) is 1.49. The Labute approximate surface area is 111 Å². The number of ether oxygens (including phenoxy) is 1. The minimum absolute atomic E-state index is 0.0941. The van der Waals surface area contributed by atoms with Gasteiger partial charge in [-0.25, -0.2) is 4.79 Å². The van der Waals surface area contributed by atoms with E-state index in [1.54, 1.807) is 19.2 Å². The number of hydrogen-bond acceptors (Lipinski definition) is 4. The molecular formula is C13H18N2O4. The molecule has 19 heavy (non-hydrogen) atoms. The standard InChI is InChI=1S/C13H18N2O4/c1-9(16)15-6-3-7-19-12-8-10(14-2)4-5-11(12)13(17)18/h4-5,8,14H,3,6-7H2,1-2H3,(H,15,16)(H,17,18). The monoisotopic (exact) mass is 266 g/mol. The molecule has 0 heterocycles. The molecule has 0 bridgehead atoms. The molecule has 3 N–H and O–H groups in total. The van der Waals surface area contributed by atoms with Gasteiger partial charge in [-0.1, -0.05) is 0 Å². The van der Waals surface area contributed by atoms with Gasteiger partial charge >= 0.3 is 5.97 Å². The van der Waals surface area contributed by atoms with E-state index in [4.69, 9.17) is 9.84 Å².